The molecule has 7 nitrogen and oxygen atoms in total. The van der Waals surface area contributed by atoms with Gasteiger partial charge in [0.15, 0.2) is 11.0 Å². The number of ether oxygens (including phenoxy) is 1. The highest BCUT2D eigenvalue weighted by Gasteiger charge is 2.17. The fourth-order valence-electron chi connectivity index (χ4n) is 2.56. The van der Waals surface area contributed by atoms with Gasteiger partial charge in [-0.15, -0.1) is 10.2 Å². The zero-order valence-corrected chi connectivity index (χ0v) is 15.7. The van der Waals surface area contributed by atoms with E-state index < -0.39 is 0 Å². The number of furan rings is 1. The van der Waals surface area contributed by atoms with E-state index in [0.717, 1.165) is 17.1 Å². The van der Waals surface area contributed by atoms with Gasteiger partial charge in [0.2, 0.25) is 5.91 Å². The molecule has 1 amide bonds. The first-order chi connectivity index (χ1) is 12.6. The standard InChI is InChI=1S/C18H20N4O3S/c1-4-22-17(13-9-10-25-12(13)2)20-21-18(22)26-11-16(23)19-14-7-5-6-8-15(14)24-3/h5-10H,4,11H2,1-3H3,(H,19,23). The average molecular weight is 372 g/mol. The summed E-state index contributed by atoms with van der Waals surface area (Å²) in [6, 6.07) is 9.17. The molecule has 26 heavy (non-hydrogen) atoms. The van der Waals surface area contributed by atoms with Crippen LogP contribution in [-0.4, -0.2) is 33.5 Å². The van der Waals surface area contributed by atoms with Gasteiger partial charge in [-0.2, -0.15) is 0 Å². The molecule has 3 rings (SSSR count). The van der Waals surface area contributed by atoms with Crippen molar-refractivity contribution in [3.63, 3.8) is 0 Å². The highest BCUT2D eigenvalue weighted by atomic mass is 32.2. The number of carbonyl (C=O) groups is 1. The molecule has 0 spiro atoms. The topological polar surface area (TPSA) is 82.2 Å². The Balaban J connectivity index is 1.69. The van der Waals surface area contributed by atoms with Crippen LogP contribution in [0.3, 0.4) is 0 Å². The first kappa shape index (κ1) is 18.1. The molecular formula is C18H20N4O3S. The lowest BCUT2D eigenvalue weighted by molar-refractivity contribution is -0.113. The molecule has 0 atom stereocenters. The summed E-state index contributed by atoms with van der Waals surface area (Å²) >= 11 is 1.34. The number of nitrogens with zero attached hydrogens (tertiary/aromatic N) is 3. The van der Waals surface area contributed by atoms with Gasteiger partial charge >= 0.3 is 0 Å². The second-order valence-corrected chi connectivity index (χ2v) is 6.42. The van der Waals surface area contributed by atoms with E-state index in [4.69, 9.17) is 9.15 Å². The minimum Gasteiger partial charge on any atom is -0.495 e. The molecular weight excluding hydrogens is 352 g/mol. The Hall–Kier alpha value is -2.74. The second kappa shape index (κ2) is 8.09. The van der Waals surface area contributed by atoms with Gasteiger partial charge in [-0.25, -0.2) is 0 Å². The molecule has 0 aliphatic rings. The van der Waals surface area contributed by atoms with Crippen LogP contribution >= 0.6 is 11.8 Å². The Morgan fingerprint density at radius 2 is 2.12 bits per heavy atom. The fourth-order valence-corrected chi connectivity index (χ4v) is 3.36. The number of methoxy groups -OCH3 is 1. The van der Waals surface area contributed by atoms with E-state index in [0.29, 0.717) is 23.1 Å². The minimum atomic E-state index is -0.133. The number of aromatic nitrogens is 3. The van der Waals surface area contributed by atoms with Crippen LogP contribution in [0, 0.1) is 6.92 Å². The van der Waals surface area contributed by atoms with Crippen molar-refractivity contribution < 1.29 is 13.9 Å². The van der Waals surface area contributed by atoms with Crippen LogP contribution < -0.4 is 10.1 Å². The van der Waals surface area contributed by atoms with Gasteiger partial charge in [0, 0.05) is 6.54 Å². The second-order valence-electron chi connectivity index (χ2n) is 5.48. The number of benzene rings is 1. The molecule has 1 aromatic carbocycles. The number of amides is 1. The van der Waals surface area contributed by atoms with Gasteiger partial charge in [0.05, 0.1) is 30.4 Å². The van der Waals surface area contributed by atoms with Crippen LogP contribution in [0.25, 0.3) is 11.4 Å². The van der Waals surface area contributed by atoms with Crippen molar-refractivity contribution >= 4 is 23.4 Å². The molecule has 136 valence electrons. The van der Waals surface area contributed by atoms with Crippen molar-refractivity contribution in [3.8, 4) is 17.1 Å². The average Bonchev–Trinajstić information content (AvgIpc) is 3.25. The molecule has 0 fully saturated rings. The smallest absolute Gasteiger partial charge is 0.234 e. The van der Waals surface area contributed by atoms with Crippen LogP contribution in [0.4, 0.5) is 5.69 Å². The molecule has 1 N–H and O–H groups in total. The molecule has 0 aliphatic carbocycles. The summed E-state index contributed by atoms with van der Waals surface area (Å²) in [5.41, 5.74) is 1.55. The number of nitrogens with one attached hydrogen (secondary N) is 1. The number of hydrogen-bond acceptors (Lipinski definition) is 6. The molecule has 2 heterocycles. The van der Waals surface area contributed by atoms with Crippen molar-refractivity contribution in [1.82, 2.24) is 14.8 Å². The van der Waals surface area contributed by atoms with Gasteiger partial charge in [-0.1, -0.05) is 23.9 Å². The monoisotopic (exact) mass is 372 g/mol. The summed E-state index contributed by atoms with van der Waals surface area (Å²) in [4.78, 5) is 12.3. The lowest BCUT2D eigenvalue weighted by Crippen LogP contribution is -2.15. The predicted molar refractivity (Wildman–Crippen MR) is 100 cm³/mol. The summed E-state index contributed by atoms with van der Waals surface area (Å²) in [6.45, 7) is 4.60. The zero-order chi connectivity index (χ0) is 18.5. The minimum absolute atomic E-state index is 0.133. The molecule has 2 aromatic heterocycles. The molecule has 0 radical (unpaired) electrons. The highest BCUT2D eigenvalue weighted by Crippen LogP contribution is 2.27. The van der Waals surface area contributed by atoms with Crippen LogP contribution in [0.15, 0.2) is 46.2 Å². The van der Waals surface area contributed by atoms with Crippen molar-refractivity contribution in [1.29, 1.82) is 0 Å². The number of aryl methyl sites for hydroxylation is 1. The van der Waals surface area contributed by atoms with E-state index >= 15 is 0 Å². The van der Waals surface area contributed by atoms with Gasteiger partial charge in [0.1, 0.15) is 11.5 Å². The molecule has 8 heteroatoms. The van der Waals surface area contributed by atoms with E-state index in [1.165, 1.54) is 11.8 Å². The van der Waals surface area contributed by atoms with E-state index in [1.807, 2.05) is 36.6 Å². The number of anilines is 1. The lowest BCUT2D eigenvalue weighted by Gasteiger charge is -2.10. The Morgan fingerprint density at radius 3 is 2.81 bits per heavy atom. The van der Waals surface area contributed by atoms with E-state index in [2.05, 4.69) is 15.5 Å². The van der Waals surface area contributed by atoms with E-state index in [9.17, 15) is 4.79 Å². The SMILES string of the molecule is CCn1c(SCC(=O)Nc2ccccc2OC)nnc1-c1ccoc1C. The van der Waals surface area contributed by atoms with Crippen molar-refractivity contribution in [2.24, 2.45) is 0 Å². The maximum absolute atomic E-state index is 12.3. The summed E-state index contributed by atoms with van der Waals surface area (Å²) < 4.78 is 12.6. The van der Waals surface area contributed by atoms with Gasteiger partial charge in [-0.05, 0) is 32.0 Å². The fraction of sp³-hybridized carbons (Fsp3) is 0.278. The number of rotatable bonds is 7. The number of hydrogen-bond donors (Lipinski definition) is 1. The predicted octanol–water partition coefficient (Wildman–Crippen LogP) is 3.61. The van der Waals surface area contributed by atoms with Crippen LogP contribution in [0.5, 0.6) is 5.75 Å². The molecule has 0 aliphatic heterocycles. The van der Waals surface area contributed by atoms with Crippen LogP contribution in [-0.2, 0) is 11.3 Å². The molecule has 0 bridgehead atoms. The van der Waals surface area contributed by atoms with Crippen LogP contribution in [0.2, 0.25) is 0 Å². The number of para-hydroxylation sites is 2. The van der Waals surface area contributed by atoms with Gasteiger partial charge in [0.25, 0.3) is 0 Å². The highest BCUT2D eigenvalue weighted by molar-refractivity contribution is 7.99. The molecule has 0 saturated carbocycles. The summed E-state index contributed by atoms with van der Waals surface area (Å²) in [6.07, 6.45) is 1.63. The first-order valence-electron chi connectivity index (χ1n) is 8.17. The Labute approximate surface area is 155 Å². The third-order valence-corrected chi connectivity index (χ3v) is 4.81. The normalized spacial score (nSPS) is 10.7. The maximum atomic E-state index is 12.3. The summed E-state index contributed by atoms with van der Waals surface area (Å²) in [5, 5.41) is 12.0. The molecule has 0 unspecified atom stereocenters. The number of thioether (sulfide) groups is 1. The third-order valence-electron chi connectivity index (χ3n) is 3.85. The quantitative estimate of drug-likeness (QED) is 0.638. The van der Waals surface area contributed by atoms with E-state index in [1.54, 1.807) is 25.5 Å². The third kappa shape index (κ3) is 3.75. The molecule has 3 aromatic rings. The molecule has 0 saturated heterocycles. The van der Waals surface area contributed by atoms with E-state index in [-0.39, 0.29) is 11.7 Å². The summed E-state index contributed by atoms with van der Waals surface area (Å²) in [7, 11) is 1.57. The maximum Gasteiger partial charge on any atom is 0.234 e. The zero-order valence-electron chi connectivity index (χ0n) is 14.9. The number of carbonyl (C=O) groups excluding carboxylic acids is 1. The van der Waals surface area contributed by atoms with Gasteiger partial charge < -0.3 is 19.0 Å². The largest absolute Gasteiger partial charge is 0.495 e. The lowest BCUT2D eigenvalue weighted by atomic mass is 10.2. The van der Waals surface area contributed by atoms with Crippen molar-refractivity contribution in [3.05, 3.63) is 42.4 Å². The summed E-state index contributed by atoms with van der Waals surface area (Å²) in [5.74, 6) is 2.25. The van der Waals surface area contributed by atoms with Crippen molar-refractivity contribution in [2.75, 3.05) is 18.2 Å². The van der Waals surface area contributed by atoms with Crippen LogP contribution in [0.1, 0.15) is 12.7 Å². The van der Waals surface area contributed by atoms with Crippen molar-refractivity contribution in [2.45, 2.75) is 25.5 Å². The Morgan fingerprint density at radius 1 is 1.31 bits per heavy atom. The Kier molecular flexibility index (Phi) is 5.62. The van der Waals surface area contributed by atoms with Gasteiger partial charge in [-0.3, -0.25) is 4.79 Å². The Bertz CT molecular complexity index is 903. The first-order valence-corrected chi connectivity index (χ1v) is 9.16.